The van der Waals surface area contributed by atoms with Crippen LogP contribution in [0.1, 0.15) is 50.0 Å². The van der Waals surface area contributed by atoms with Crippen LogP contribution in [-0.2, 0) is 9.59 Å². The first-order valence-corrected chi connectivity index (χ1v) is 8.67. The quantitative estimate of drug-likeness (QED) is 0.888. The molecule has 25 heavy (non-hydrogen) atoms. The summed E-state index contributed by atoms with van der Waals surface area (Å²) in [5.41, 5.74) is 1.65. The molecule has 5 nitrogen and oxygen atoms in total. The molecule has 0 bridgehead atoms. The molecule has 3 aliphatic rings. The highest BCUT2D eigenvalue weighted by molar-refractivity contribution is 6.05. The predicted octanol–water partition coefficient (Wildman–Crippen LogP) is 3.74. The van der Waals surface area contributed by atoms with E-state index in [0.29, 0.717) is 60.5 Å². The van der Waals surface area contributed by atoms with Gasteiger partial charge in [-0.2, -0.15) is 0 Å². The van der Waals surface area contributed by atoms with Gasteiger partial charge in [-0.1, -0.05) is 6.07 Å². The number of benzene rings is 1. The fourth-order valence-electron chi connectivity index (χ4n) is 3.99. The van der Waals surface area contributed by atoms with E-state index in [1.54, 1.807) is 19.2 Å². The zero-order valence-corrected chi connectivity index (χ0v) is 14.1. The lowest BCUT2D eigenvalue weighted by Crippen LogP contribution is -2.29. The average Bonchev–Trinajstić information content (AvgIpc) is 2.60. The van der Waals surface area contributed by atoms with Crippen LogP contribution in [0.25, 0.3) is 0 Å². The molecule has 0 aromatic heterocycles. The Balaban J connectivity index is 1.94. The second-order valence-corrected chi connectivity index (χ2v) is 6.69. The van der Waals surface area contributed by atoms with E-state index in [1.807, 2.05) is 6.07 Å². The van der Waals surface area contributed by atoms with Gasteiger partial charge in [-0.3, -0.25) is 9.59 Å². The molecule has 0 unspecified atom stereocenters. The van der Waals surface area contributed by atoms with Gasteiger partial charge < -0.3 is 14.6 Å². The lowest BCUT2D eigenvalue weighted by Gasteiger charge is -2.34. The number of ether oxygens (including phenoxy) is 2. The number of rotatable bonds is 2. The number of methoxy groups -OCH3 is 1. The van der Waals surface area contributed by atoms with Gasteiger partial charge in [0.1, 0.15) is 17.3 Å². The van der Waals surface area contributed by atoms with Gasteiger partial charge in [-0.15, -0.1) is 0 Å². The molecule has 0 amide bonds. The van der Waals surface area contributed by atoms with E-state index in [0.717, 1.165) is 12.0 Å². The van der Waals surface area contributed by atoms with Crippen molar-refractivity contribution in [3.63, 3.8) is 0 Å². The molecule has 1 heterocycles. The van der Waals surface area contributed by atoms with Crippen molar-refractivity contribution < 1.29 is 24.2 Å². The summed E-state index contributed by atoms with van der Waals surface area (Å²) in [6.45, 7) is 0. The minimum absolute atomic E-state index is 0.00592. The molecule has 0 saturated heterocycles. The van der Waals surface area contributed by atoms with Crippen molar-refractivity contribution in [3.05, 3.63) is 46.4 Å². The Hall–Kier alpha value is -2.56. The highest BCUT2D eigenvalue weighted by Crippen LogP contribution is 2.49. The summed E-state index contributed by atoms with van der Waals surface area (Å²) in [4.78, 5) is 25.3. The largest absolute Gasteiger partial charge is 0.512 e. The fourth-order valence-corrected chi connectivity index (χ4v) is 3.99. The number of hydrogen-bond acceptors (Lipinski definition) is 5. The SMILES string of the molecule is COc1ccc2c(c1)OC1=C(C(=O)CCC1)[C@H]2C1=C(O)CCCC1=O. The minimum Gasteiger partial charge on any atom is -0.512 e. The Kier molecular flexibility index (Phi) is 3.86. The zero-order valence-electron chi connectivity index (χ0n) is 14.1. The van der Waals surface area contributed by atoms with E-state index >= 15 is 0 Å². The Morgan fingerprint density at radius 3 is 2.48 bits per heavy atom. The lowest BCUT2D eigenvalue weighted by atomic mass is 9.73. The number of hydrogen-bond donors (Lipinski definition) is 1. The summed E-state index contributed by atoms with van der Waals surface area (Å²) < 4.78 is 11.3. The number of carbonyl (C=O) groups excluding carboxylic acids is 2. The monoisotopic (exact) mass is 340 g/mol. The molecule has 1 aromatic carbocycles. The van der Waals surface area contributed by atoms with Gasteiger partial charge in [0.25, 0.3) is 0 Å². The maximum absolute atomic E-state index is 12.6. The lowest BCUT2D eigenvalue weighted by molar-refractivity contribution is -0.117. The molecule has 130 valence electrons. The topological polar surface area (TPSA) is 72.8 Å². The normalized spacial score (nSPS) is 23.2. The van der Waals surface area contributed by atoms with E-state index in [4.69, 9.17) is 9.47 Å². The Labute approximate surface area is 145 Å². The maximum Gasteiger partial charge on any atom is 0.163 e. The molecule has 0 fully saturated rings. The van der Waals surface area contributed by atoms with Gasteiger partial charge in [0, 0.05) is 48.5 Å². The van der Waals surface area contributed by atoms with Gasteiger partial charge >= 0.3 is 0 Å². The van der Waals surface area contributed by atoms with Crippen LogP contribution >= 0.6 is 0 Å². The molecular formula is C20H20O5. The van der Waals surface area contributed by atoms with Gasteiger partial charge in [-0.25, -0.2) is 0 Å². The average molecular weight is 340 g/mol. The number of ketones is 2. The second-order valence-electron chi connectivity index (χ2n) is 6.69. The fraction of sp³-hybridized carbons (Fsp3) is 0.400. The number of aliphatic hydroxyl groups is 1. The van der Waals surface area contributed by atoms with Crippen LogP contribution in [-0.4, -0.2) is 23.8 Å². The van der Waals surface area contributed by atoms with Crippen molar-refractivity contribution in [1.82, 2.24) is 0 Å². The molecule has 0 spiro atoms. The van der Waals surface area contributed by atoms with Crippen molar-refractivity contribution >= 4 is 11.6 Å². The summed E-state index contributed by atoms with van der Waals surface area (Å²) in [6.07, 6.45) is 3.37. The molecule has 1 N–H and O–H groups in total. The molecular weight excluding hydrogens is 320 g/mol. The molecule has 0 radical (unpaired) electrons. The van der Waals surface area contributed by atoms with Crippen LogP contribution in [0.4, 0.5) is 0 Å². The summed E-state index contributed by atoms with van der Waals surface area (Å²) in [5.74, 6) is 1.36. The Morgan fingerprint density at radius 1 is 1.04 bits per heavy atom. The van der Waals surface area contributed by atoms with Crippen molar-refractivity contribution in [2.45, 2.75) is 44.4 Å². The predicted molar refractivity (Wildman–Crippen MR) is 90.8 cm³/mol. The van der Waals surface area contributed by atoms with Gasteiger partial charge in [0.2, 0.25) is 0 Å². The van der Waals surface area contributed by atoms with E-state index < -0.39 is 5.92 Å². The summed E-state index contributed by atoms with van der Waals surface area (Å²) in [7, 11) is 1.58. The molecule has 0 saturated carbocycles. The van der Waals surface area contributed by atoms with E-state index in [9.17, 15) is 14.7 Å². The first-order chi connectivity index (χ1) is 12.1. The molecule has 1 atom stereocenters. The second kappa shape index (κ2) is 6.06. The smallest absolute Gasteiger partial charge is 0.163 e. The standard InChI is InChI=1S/C20H20O5/c1-24-11-8-9-12-17(10-11)25-16-7-3-6-15(23)20(16)18(12)19-13(21)4-2-5-14(19)22/h8-10,18,21H,2-7H2,1H3/t18-/m1/s1. The first-order valence-electron chi connectivity index (χ1n) is 8.67. The zero-order chi connectivity index (χ0) is 17.6. The van der Waals surface area contributed by atoms with Crippen molar-refractivity contribution in [2.75, 3.05) is 7.11 Å². The summed E-state index contributed by atoms with van der Waals surface area (Å²) >= 11 is 0. The summed E-state index contributed by atoms with van der Waals surface area (Å²) in [6, 6.07) is 5.39. The maximum atomic E-state index is 12.6. The third-order valence-electron chi connectivity index (χ3n) is 5.18. The van der Waals surface area contributed by atoms with Crippen LogP contribution in [0, 0.1) is 0 Å². The highest BCUT2D eigenvalue weighted by Gasteiger charge is 2.41. The number of Topliss-reactive ketones (excluding diaryl/α,β-unsaturated/α-hetero) is 2. The van der Waals surface area contributed by atoms with E-state index in [2.05, 4.69) is 0 Å². The number of fused-ring (bicyclic) bond motifs is 1. The van der Waals surface area contributed by atoms with Crippen molar-refractivity contribution in [3.8, 4) is 11.5 Å². The number of carbonyl (C=O) groups is 2. The Morgan fingerprint density at radius 2 is 1.76 bits per heavy atom. The van der Waals surface area contributed by atoms with Crippen LogP contribution in [0.5, 0.6) is 11.5 Å². The molecule has 1 aromatic rings. The van der Waals surface area contributed by atoms with Gasteiger partial charge in [-0.05, 0) is 18.9 Å². The van der Waals surface area contributed by atoms with Gasteiger partial charge in [0.15, 0.2) is 11.6 Å². The van der Waals surface area contributed by atoms with Crippen LogP contribution < -0.4 is 9.47 Å². The van der Waals surface area contributed by atoms with E-state index in [1.165, 1.54) is 0 Å². The number of allylic oxidation sites excluding steroid dienone is 4. The van der Waals surface area contributed by atoms with Crippen LogP contribution in [0.3, 0.4) is 0 Å². The summed E-state index contributed by atoms with van der Waals surface area (Å²) in [5, 5.41) is 10.5. The highest BCUT2D eigenvalue weighted by atomic mass is 16.5. The van der Waals surface area contributed by atoms with Crippen LogP contribution in [0.15, 0.2) is 40.9 Å². The molecule has 4 rings (SSSR count). The first kappa shape index (κ1) is 15.9. The molecule has 5 heteroatoms. The third-order valence-corrected chi connectivity index (χ3v) is 5.18. The van der Waals surface area contributed by atoms with Crippen molar-refractivity contribution in [2.24, 2.45) is 0 Å². The minimum atomic E-state index is -0.537. The van der Waals surface area contributed by atoms with E-state index in [-0.39, 0.29) is 17.3 Å². The Bertz CT molecular complexity index is 830. The van der Waals surface area contributed by atoms with Crippen molar-refractivity contribution in [1.29, 1.82) is 0 Å². The van der Waals surface area contributed by atoms with Crippen LogP contribution in [0.2, 0.25) is 0 Å². The molecule has 2 aliphatic carbocycles. The third kappa shape index (κ3) is 2.54. The van der Waals surface area contributed by atoms with Gasteiger partial charge in [0.05, 0.1) is 18.8 Å². The number of aliphatic hydroxyl groups excluding tert-OH is 1. The molecule has 1 aliphatic heterocycles.